The molecule has 1 amide bonds. The Kier molecular flexibility index (Phi) is 3.57. The van der Waals surface area contributed by atoms with Gasteiger partial charge in [0.25, 0.3) is 5.91 Å². The van der Waals surface area contributed by atoms with Crippen LogP contribution < -0.4 is 5.32 Å². The molecular weight excluding hydrogens is 340 g/mol. The number of aromatic nitrogens is 1. The molecule has 4 aromatic rings. The summed E-state index contributed by atoms with van der Waals surface area (Å²) in [6, 6.07) is 22.2. The van der Waals surface area contributed by atoms with Crippen LogP contribution in [0.15, 0.2) is 66.7 Å². The summed E-state index contributed by atoms with van der Waals surface area (Å²) in [6.45, 7) is 0. The summed E-state index contributed by atoms with van der Waals surface area (Å²) < 4.78 is 0. The summed E-state index contributed by atoms with van der Waals surface area (Å²) >= 11 is 1.58. The molecule has 3 nitrogen and oxygen atoms in total. The van der Waals surface area contributed by atoms with E-state index in [1.54, 1.807) is 11.3 Å². The number of nitrogens with one attached hydrogen (secondary N) is 1. The lowest BCUT2D eigenvalue weighted by Gasteiger charge is -2.13. The molecule has 1 heterocycles. The average Bonchev–Trinajstić information content (AvgIpc) is 3.10. The average molecular weight is 356 g/mol. The number of amides is 1. The van der Waals surface area contributed by atoms with Gasteiger partial charge in [-0.3, -0.25) is 10.1 Å². The quantitative estimate of drug-likeness (QED) is 0.528. The number of hydrogen-bond acceptors (Lipinski definition) is 3. The molecule has 1 N–H and O–H groups in total. The normalized spacial score (nSPS) is 12.5. The highest BCUT2D eigenvalue weighted by molar-refractivity contribution is 7.16. The third-order valence-corrected chi connectivity index (χ3v) is 5.85. The van der Waals surface area contributed by atoms with E-state index in [0.29, 0.717) is 10.7 Å². The van der Waals surface area contributed by atoms with Gasteiger partial charge in [0, 0.05) is 16.0 Å². The minimum absolute atomic E-state index is 0.116. The van der Waals surface area contributed by atoms with Gasteiger partial charge in [0.2, 0.25) is 0 Å². The first-order valence-electron chi connectivity index (χ1n) is 8.66. The Hall–Kier alpha value is -2.98. The van der Waals surface area contributed by atoms with Crippen LogP contribution in [0.25, 0.3) is 22.0 Å². The van der Waals surface area contributed by atoms with Crippen molar-refractivity contribution in [3.8, 4) is 11.3 Å². The summed E-state index contributed by atoms with van der Waals surface area (Å²) in [7, 11) is 0. The van der Waals surface area contributed by atoms with Crippen LogP contribution in [-0.4, -0.2) is 10.9 Å². The molecule has 0 fully saturated rings. The summed E-state index contributed by atoms with van der Waals surface area (Å²) in [6.07, 6.45) is 2.01. The molecule has 1 aliphatic carbocycles. The molecule has 0 saturated carbocycles. The van der Waals surface area contributed by atoms with E-state index in [1.165, 1.54) is 16.0 Å². The van der Waals surface area contributed by atoms with Gasteiger partial charge in [-0.2, -0.15) is 0 Å². The minimum atomic E-state index is -0.116. The maximum Gasteiger partial charge on any atom is 0.257 e. The lowest BCUT2D eigenvalue weighted by atomic mass is 9.94. The van der Waals surface area contributed by atoms with Crippen molar-refractivity contribution < 1.29 is 4.79 Å². The van der Waals surface area contributed by atoms with Crippen LogP contribution in [0.3, 0.4) is 0 Å². The molecule has 126 valence electrons. The molecule has 1 aromatic heterocycles. The van der Waals surface area contributed by atoms with Crippen molar-refractivity contribution in [3.05, 3.63) is 82.7 Å². The Morgan fingerprint density at radius 2 is 1.73 bits per heavy atom. The SMILES string of the molecule is O=C(Nc1nc2c(s1)CCc1ccccc1-2)c1ccc2ccccc2c1. The van der Waals surface area contributed by atoms with Crippen molar-refractivity contribution >= 4 is 33.1 Å². The first-order valence-corrected chi connectivity index (χ1v) is 9.48. The smallest absolute Gasteiger partial charge is 0.257 e. The fourth-order valence-corrected chi connectivity index (χ4v) is 4.47. The van der Waals surface area contributed by atoms with E-state index in [4.69, 9.17) is 4.98 Å². The van der Waals surface area contributed by atoms with Gasteiger partial charge >= 0.3 is 0 Å². The van der Waals surface area contributed by atoms with Crippen LogP contribution in [-0.2, 0) is 12.8 Å². The van der Waals surface area contributed by atoms with E-state index in [9.17, 15) is 4.79 Å². The molecule has 0 saturated heterocycles. The van der Waals surface area contributed by atoms with Crippen molar-refractivity contribution in [2.75, 3.05) is 5.32 Å². The van der Waals surface area contributed by atoms with E-state index in [1.807, 2.05) is 48.5 Å². The van der Waals surface area contributed by atoms with Crippen molar-refractivity contribution in [3.63, 3.8) is 0 Å². The topological polar surface area (TPSA) is 42.0 Å². The van der Waals surface area contributed by atoms with Gasteiger partial charge in [0.15, 0.2) is 5.13 Å². The first-order chi connectivity index (χ1) is 12.8. The van der Waals surface area contributed by atoms with Gasteiger partial charge in [-0.1, -0.05) is 54.6 Å². The number of carbonyl (C=O) groups is 1. The molecule has 1 aliphatic rings. The number of thiazole rings is 1. The van der Waals surface area contributed by atoms with Crippen LogP contribution in [0, 0.1) is 0 Å². The van der Waals surface area contributed by atoms with Crippen LogP contribution in [0.2, 0.25) is 0 Å². The molecule has 0 spiro atoms. The molecular formula is C22H16N2OS. The van der Waals surface area contributed by atoms with E-state index >= 15 is 0 Å². The number of hydrogen-bond donors (Lipinski definition) is 1. The molecule has 0 aliphatic heterocycles. The highest BCUT2D eigenvalue weighted by Crippen LogP contribution is 2.38. The second-order valence-corrected chi connectivity index (χ2v) is 7.55. The Bertz CT molecular complexity index is 1150. The van der Waals surface area contributed by atoms with Gasteiger partial charge in [-0.25, -0.2) is 4.98 Å². The molecule has 0 bridgehead atoms. The molecule has 26 heavy (non-hydrogen) atoms. The molecule has 5 rings (SSSR count). The van der Waals surface area contributed by atoms with Crippen molar-refractivity contribution in [1.82, 2.24) is 4.98 Å². The number of aryl methyl sites for hydroxylation is 2. The zero-order chi connectivity index (χ0) is 17.5. The molecule has 3 aromatic carbocycles. The molecule has 4 heteroatoms. The maximum absolute atomic E-state index is 12.7. The summed E-state index contributed by atoms with van der Waals surface area (Å²) in [5, 5.41) is 5.84. The minimum Gasteiger partial charge on any atom is -0.298 e. The van der Waals surface area contributed by atoms with Gasteiger partial charge in [0.1, 0.15) is 0 Å². The standard InChI is InChI=1S/C22H16N2OS/c25-21(17-10-9-14-5-1-2-7-16(14)13-17)24-22-23-20-18-8-4-3-6-15(18)11-12-19(20)26-22/h1-10,13H,11-12H2,(H,23,24,25). The summed E-state index contributed by atoms with van der Waals surface area (Å²) in [4.78, 5) is 18.6. The highest BCUT2D eigenvalue weighted by Gasteiger charge is 2.21. The van der Waals surface area contributed by atoms with Crippen molar-refractivity contribution in [2.24, 2.45) is 0 Å². The number of anilines is 1. The largest absolute Gasteiger partial charge is 0.298 e. The number of nitrogens with zero attached hydrogens (tertiary/aromatic N) is 1. The lowest BCUT2D eigenvalue weighted by Crippen LogP contribution is -2.11. The number of benzene rings is 3. The summed E-state index contributed by atoms with van der Waals surface area (Å²) in [5.41, 5.74) is 4.19. The van der Waals surface area contributed by atoms with Crippen molar-refractivity contribution in [2.45, 2.75) is 12.8 Å². The van der Waals surface area contributed by atoms with Crippen LogP contribution in [0.5, 0.6) is 0 Å². The highest BCUT2D eigenvalue weighted by atomic mass is 32.1. The van der Waals surface area contributed by atoms with Crippen LogP contribution in [0.4, 0.5) is 5.13 Å². The first kappa shape index (κ1) is 15.3. The molecule has 0 atom stereocenters. The zero-order valence-corrected chi connectivity index (χ0v) is 14.8. The van der Waals surface area contributed by atoms with Crippen LogP contribution >= 0.6 is 11.3 Å². The lowest BCUT2D eigenvalue weighted by molar-refractivity contribution is 0.102. The summed E-state index contributed by atoms with van der Waals surface area (Å²) in [5.74, 6) is -0.116. The third kappa shape index (κ3) is 2.59. The van der Waals surface area contributed by atoms with Gasteiger partial charge < -0.3 is 0 Å². The maximum atomic E-state index is 12.7. The van der Waals surface area contributed by atoms with Crippen molar-refractivity contribution in [1.29, 1.82) is 0 Å². The predicted octanol–water partition coefficient (Wildman–Crippen LogP) is 5.31. The Labute approximate surface area is 155 Å². The number of rotatable bonds is 2. The van der Waals surface area contributed by atoms with E-state index in [-0.39, 0.29) is 5.91 Å². The van der Waals surface area contributed by atoms with Gasteiger partial charge in [-0.05, 0) is 41.3 Å². The fourth-order valence-electron chi connectivity index (χ4n) is 3.50. The molecule has 0 unspecified atom stereocenters. The van der Waals surface area contributed by atoms with Gasteiger partial charge in [0.05, 0.1) is 5.69 Å². The fraction of sp³-hybridized carbons (Fsp3) is 0.0909. The van der Waals surface area contributed by atoms with E-state index in [0.717, 1.165) is 29.3 Å². The monoisotopic (exact) mass is 356 g/mol. The Balaban J connectivity index is 1.45. The Morgan fingerprint density at radius 1 is 0.923 bits per heavy atom. The Morgan fingerprint density at radius 3 is 2.65 bits per heavy atom. The number of fused-ring (bicyclic) bond motifs is 4. The third-order valence-electron chi connectivity index (χ3n) is 4.82. The zero-order valence-electron chi connectivity index (χ0n) is 14.0. The van der Waals surface area contributed by atoms with E-state index in [2.05, 4.69) is 23.5 Å². The second kappa shape index (κ2) is 6.07. The van der Waals surface area contributed by atoms with E-state index < -0.39 is 0 Å². The van der Waals surface area contributed by atoms with Gasteiger partial charge in [-0.15, -0.1) is 11.3 Å². The number of carbonyl (C=O) groups excluding carboxylic acids is 1. The van der Waals surface area contributed by atoms with Crippen LogP contribution in [0.1, 0.15) is 20.8 Å². The second-order valence-electron chi connectivity index (χ2n) is 6.46. The predicted molar refractivity (Wildman–Crippen MR) is 107 cm³/mol. The molecule has 0 radical (unpaired) electrons.